The van der Waals surface area contributed by atoms with Crippen molar-refractivity contribution < 1.29 is 15.5 Å². The van der Waals surface area contributed by atoms with Crippen LogP contribution in [0.1, 0.15) is 5.69 Å². The highest BCUT2D eigenvalue weighted by Crippen LogP contribution is 1.88. The van der Waals surface area contributed by atoms with Crippen molar-refractivity contribution >= 4 is 0 Å². The van der Waals surface area contributed by atoms with Crippen LogP contribution >= 0.6 is 0 Å². The predicted octanol–water partition coefficient (Wildman–Crippen LogP) is 0.272. The lowest BCUT2D eigenvalue weighted by Crippen LogP contribution is -1.87. The Labute approximate surface area is 63.2 Å². The molecule has 0 aliphatic carbocycles. The molecule has 0 spiro atoms. The summed E-state index contributed by atoms with van der Waals surface area (Å²) in [5, 5.41) is 12.5. The van der Waals surface area contributed by atoms with Crippen LogP contribution in [0.15, 0.2) is 12.5 Å². The maximum absolute atomic E-state index is 8.47. The van der Waals surface area contributed by atoms with Crippen molar-refractivity contribution in [2.75, 3.05) is 0 Å². The number of aromatic nitrogens is 2. The van der Waals surface area contributed by atoms with Crippen LogP contribution in [0.5, 0.6) is 0 Å². The fourth-order valence-corrected chi connectivity index (χ4v) is 0.423. The molecule has 0 aliphatic heterocycles. The maximum Gasteiger partial charge on any atom is 0.472 e. The Morgan fingerprint density at radius 2 is 2.09 bits per heavy atom. The van der Waals surface area contributed by atoms with Crippen LogP contribution in [0.4, 0.5) is 0 Å². The van der Waals surface area contributed by atoms with E-state index in [1.165, 1.54) is 5.69 Å². The first-order chi connectivity index (χ1) is 5.04. The summed E-state index contributed by atoms with van der Waals surface area (Å²) in [6.45, 7) is 2.02. The summed E-state index contributed by atoms with van der Waals surface area (Å²) in [5.74, 6) is 0. The molecule has 0 saturated heterocycles. The third kappa shape index (κ3) is 4.89. The molecule has 1 aromatic rings. The minimum Gasteiger partial charge on any atom is -0.338 e. The maximum atomic E-state index is 8.47. The second-order valence-corrected chi connectivity index (χ2v) is 1.90. The van der Waals surface area contributed by atoms with Gasteiger partial charge in [0.15, 0.2) is 0 Å². The van der Waals surface area contributed by atoms with Crippen molar-refractivity contribution in [2.45, 2.75) is 6.92 Å². The number of aryl methyl sites for hydroxylation is 2. The normalized spacial score (nSPS) is 8.18. The van der Waals surface area contributed by atoms with Crippen LogP contribution in [0.2, 0.25) is 0 Å². The number of hydrogen-bond acceptors (Lipinski definition) is 2. The fourth-order valence-electron chi connectivity index (χ4n) is 0.423. The largest absolute Gasteiger partial charge is 0.472 e. The third-order valence-corrected chi connectivity index (χ3v) is 1.06. The average molecular weight is 160 g/mol. The summed E-state index contributed by atoms with van der Waals surface area (Å²) in [7, 11) is 1.97. The van der Waals surface area contributed by atoms with Crippen molar-refractivity contribution in [2.24, 2.45) is 7.05 Å². The van der Waals surface area contributed by atoms with Crippen LogP contribution in [-0.2, 0) is 7.05 Å². The minimum atomic E-state index is -1.25. The summed E-state index contributed by atoms with van der Waals surface area (Å²) in [5.41, 5.74) is 1.19. The van der Waals surface area contributed by atoms with Crippen LogP contribution in [0, 0.1) is 11.8 Å². The molecule has 0 unspecified atom stereocenters. The van der Waals surface area contributed by atoms with Crippen molar-refractivity contribution in [3.63, 3.8) is 0 Å². The molecule has 0 amide bonds. The zero-order valence-electron chi connectivity index (χ0n) is 6.30. The second kappa shape index (κ2) is 4.26. The summed E-state index contributed by atoms with van der Waals surface area (Å²) in [6.07, 6.45) is 3.62. The first kappa shape index (κ1) is 9.41. The molecule has 1 aromatic heterocycles. The standard InChI is InChI=1S/C5H8N2.H2NO3/c1-5-3-6-4-7(5)2;2-1(3)4/h3-4H,1-2H3;(H2,2,3,4)/q;+1. The SMILES string of the molecule is Cc1cncn1C.O=[N+](O)O. The summed E-state index contributed by atoms with van der Waals surface area (Å²) >= 11 is 0. The van der Waals surface area contributed by atoms with Crippen molar-refractivity contribution in [3.05, 3.63) is 23.1 Å². The summed E-state index contributed by atoms with van der Waals surface area (Å²) in [6, 6.07) is 0. The highest BCUT2D eigenvalue weighted by molar-refractivity contribution is 4.91. The topological polar surface area (TPSA) is 78.4 Å². The molecule has 2 N–H and O–H groups in total. The molecular formula is C5H10N3O3+. The Balaban J connectivity index is 0.000000218. The number of rotatable bonds is 0. The van der Waals surface area contributed by atoms with Crippen LogP contribution in [0.25, 0.3) is 0 Å². The fraction of sp³-hybridized carbons (Fsp3) is 0.400. The van der Waals surface area contributed by atoms with E-state index in [9.17, 15) is 0 Å². The van der Waals surface area contributed by atoms with Crippen LogP contribution < -0.4 is 0 Å². The third-order valence-electron chi connectivity index (χ3n) is 1.06. The van der Waals surface area contributed by atoms with Gasteiger partial charge in [-0.1, -0.05) is 0 Å². The molecule has 0 bridgehead atoms. The second-order valence-electron chi connectivity index (χ2n) is 1.90. The molecule has 0 aromatic carbocycles. The van der Waals surface area contributed by atoms with Crippen LogP contribution in [-0.4, -0.2) is 25.1 Å². The van der Waals surface area contributed by atoms with Gasteiger partial charge in [0.05, 0.1) is 6.33 Å². The average Bonchev–Trinajstić information content (AvgIpc) is 2.15. The molecule has 62 valence electrons. The molecule has 1 heterocycles. The van der Waals surface area contributed by atoms with E-state index in [1.807, 2.05) is 24.7 Å². The molecule has 0 saturated carbocycles. The molecule has 1 rings (SSSR count). The highest BCUT2D eigenvalue weighted by atomic mass is 16.9. The number of hydrogen-bond donors (Lipinski definition) is 2. The van der Waals surface area contributed by atoms with Gasteiger partial charge in [-0.05, 0) is 6.92 Å². The first-order valence-corrected chi connectivity index (χ1v) is 2.82. The van der Waals surface area contributed by atoms with Gasteiger partial charge in [0.2, 0.25) is 0 Å². The van der Waals surface area contributed by atoms with E-state index < -0.39 is 5.09 Å². The molecule has 6 nitrogen and oxygen atoms in total. The molecule has 0 atom stereocenters. The summed E-state index contributed by atoms with van der Waals surface area (Å²) in [4.78, 5) is 12.4. The Morgan fingerprint density at radius 1 is 1.64 bits per heavy atom. The van der Waals surface area contributed by atoms with E-state index in [4.69, 9.17) is 15.3 Å². The predicted molar refractivity (Wildman–Crippen MR) is 35.1 cm³/mol. The van der Waals surface area contributed by atoms with E-state index in [2.05, 4.69) is 4.98 Å². The smallest absolute Gasteiger partial charge is 0.338 e. The number of imidazole rings is 1. The monoisotopic (exact) mass is 160 g/mol. The quantitative estimate of drug-likeness (QED) is 0.534. The van der Waals surface area contributed by atoms with Crippen molar-refractivity contribution in [3.8, 4) is 0 Å². The van der Waals surface area contributed by atoms with Gasteiger partial charge in [-0.2, -0.15) is 0 Å². The first-order valence-electron chi connectivity index (χ1n) is 2.82. The molecule has 11 heavy (non-hydrogen) atoms. The van der Waals surface area contributed by atoms with Gasteiger partial charge in [-0.25, -0.2) is 15.4 Å². The van der Waals surface area contributed by atoms with Gasteiger partial charge in [0.1, 0.15) is 4.91 Å². The Kier molecular flexibility index (Phi) is 3.65. The van der Waals surface area contributed by atoms with Crippen molar-refractivity contribution in [1.82, 2.24) is 9.55 Å². The van der Waals surface area contributed by atoms with Crippen LogP contribution in [0.3, 0.4) is 0 Å². The molecular weight excluding hydrogens is 150 g/mol. The van der Waals surface area contributed by atoms with Gasteiger partial charge < -0.3 is 4.57 Å². The molecule has 0 fully saturated rings. The lowest BCUT2D eigenvalue weighted by atomic mass is 10.5. The zero-order valence-corrected chi connectivity index (χ0v) is 6.30. The Bertz CT molecular complexity index is 212. The zero-order chi connectivity index (χ0) is 8.85. The van der Waals surface area contributed by atoms with Gasteiger partial charge in [-0.15, -0.1) is 0 Å². The Hall–Kier alpha value is -1.59. The van der Waals surface area contributed by atoms with Gasteiger partial charge in [0, 0.05) is 18.9 Å². The number of nitrogens with zero attached hydrogens (tertiary/aromatic N) is 3. The molecule has 6 heteroatoms. The van der Waals surface area contributed by atoms with E-state index in [-0.39, 0.29) is 0 Å². The minimum absolute atomic E-state index is 1.19. The van der Waals surface area contributed by atoms with E-state index >= 15 is 0 Å². The van der Waals surface area contributed by atoms with Gasteiger partial charge >= 0.3 is 5.09 Å². The van der Waals surface area contributed by atoms with Crippen molar-refractivity contribution in [1.29, 1.82) is 0 Å². The van der Waals surface area contributed by atoms with Gasteiger partial charge in [-0.3, -0.25) is 0 Å². The molecule has 0 aliphatic rings. The van der Waals surface area contributed by atoms with E-state index in [0.29, 0.717) is 0 Å². The molecule has 0 radical (unpaired) electrons. The Morgan fingerprint density at radius 3 is 2.18 bits per heavy atom. The van der Waals surface area contributed by atoms with Gasteiger partial charge in [0.25, 0.3) is 0 Å². The summed E-state index contributed by atoms with van der Waals surface area (Å²) < 4.78 is 1.97. The lowest BCUT2D eigenvalue weighted by molar-refractivity contribution is -0.969. The van der Waals surface area contributed by atoms with E-state index in [0.717, 1.165) is 0 Å². The lowest BCUT2D eigenvalue weighted by Gasteiger charge is -1.87. The van der Waals surface area contributed by atoms with E-state index in [1.54, 1.807) is 6.33 Å². The highest BCUT2D eigenvalue weighted by Gasteiger charge is 1.83.